The predicted octanol–water partition coefficient (Wildman–Crippen LogP) is 0.820. The maximum Gasteiger partial charge on any atom is 0.322 e. The van der Waals surface area contributed by atoms with Gasteiger partial charge in [0.1, 0.15) is 6.04 Å². The van der Waals surface area contributed by atoms with E-state index in [0.29, 0.717) is 11.1 Å². The van der Waals surface area contributed by atoms with Crippen molar-refractivity contribution in [3.05, 3.63) is 28.8 Å². The van der Waals surface area contributed by atoms with Gasteiger partial charge in [-0.05, 0) is 31.9 Å². The van der Waals surface area contributed by atoms with Gasteiger partial charge in [0.2, 0.25) is 10.0 Å². The lowest BCUT2D eigenvalue weighted by atomic mass is 10.1. The van der Waals surface area contributed by atoms with E-state index in [4.69, 9.17) is 0 Å². The number of hydrogen-bond acceptors (Lipinski definition) is 4. The van der Waals surface area contributed by atoms with Crippen molar-refractivity contribution in [3.63, 3.8) is 0 Å². The molecule has 116 valence electrons. The highest BCUT2D eigenvalue weighted by Gasteiger charge is 2.44. The number of aryl methyl sites for hydroxylation is 3. The summed E-state index contributed by atoms with van der Waals surface area (Å²) in [6, 6.07) is 2.29. The van der Waals surface area contributed by atoms with E-state index < -0.39 is 28.1 Å². The van der Waals surface area contributed by atoms with Crippen LogP contribution in [0.15, 0.2) is 17.0 Å². The van der Waals surface area contributed by atoms with Crippen molar-refractivity contribution in [2.24, 2.45) is 0 Å². The zero-order chi connectivity index (χ0) is 15.9. The molecule has 2 N–H and O–H groups in total. The molecule has 0 bridgehead atoms. The van der Waals surface area contributed by atoms with Crippen molar-refractivity contribution < 1.29 is 23.4 Å². The molecule has 0 radical (unpaired) electrons. The Balaban J connectivity index is 2.55. The van der Waals surface area contributed by atoms with Gasteiger partial charge in [-0.25, -0.2) is 8.42 Å². The summed E-state index contributed by atoms with van der Waals surface area (Å²) >= 11 is 0. The highest BCUT2D eigenvalue weighted by Crippen LogP contribution is 2.30. The molecule has 1 fully saturated rings. The van der Waals surface area contributed by atoms with Crippen LogP contribution in [0.1, 0.15) is 23.1 Å². The third kappa shape index (κ3) is 2.81. The van der Waals surface area contributed by atoms with Crippen molar-refractivity contribution in [2.45, 2.75) is 44.2 Å². The number of carboxylic acids is 1. The second kappa shape index (κ2) is 5.40. The van der Waals surface area contributed by atoms with E-state index in [0.717, 1.165) is 9.87 Å². The molecule has 1 aromatic carbocycles. The summed E-state index contributed by atoms with van der Waals surface area (Å²) in [5.74, 6) is -1.24. The van der Waals surface area contributed by atoms with E-state index >= 15 is 0 Å². The summed E-state index contributed by atoms with van der Waals surface area (Å²) in [5.41, 5.74) is 2.11. The summed E-state index contributed by atoms with van der Waals surface area (Å²) in [5, 5.41) is 18.8. The highest BCUT2D eigenvalue weighted by molar-refractivity contribution is 7.89. The largest absolute Gasteiger partial charge is 0.480 e. The second-order valence-corrected chi connectivity index (χ2v) is 7.37. The maximum atomic E-state index is 12.8. The van der Waals surface area contributed by atoms with Crippen molar-refractivity contribution in [2.75, 3.05) is 6.54 Å². The monoisotopic (exact) mass is 313 g/mol. The van der Waals surface area contributed by atoms with Gasteiger partial charge in [0, 0.05) is 13.0 Å². The van der Waals surface area contributed by atoms with Gasteiger partial charge in [0.15, 0.2) is 0 Å². The molecule has 1 aliphatic rings. The van der Waals surface area contributed by atoms with E-state index in [2.05, 4.69) is 0 Å². The van der Waals surface area contributed by atoms with Gasteiger partial charge in [0.25, 0.3) is 0 Å². The summed E-state index contributed by atoms with van der Waals surface area (Å²) < 4.78 is 26.5. The van der Waals surface area contributed by atoms with Gasteiger partial charge in [-0.2, -0.15) is 4.31 Å². The minimum Gasteiger partial charge on any atom is -0.480 e. The van der Waals surface area contributed by atoms with E-state index in [1.54, 1.807) is 26.0 Å². The third-order valence-electron chi connectivity index (χ3n) is 3.69. The molecule has 1 aliphatic heterocycles. The molecular weight excluding hydrogens is 294 g/mol. The standard InChI is InChI=1S/C14H19NO5S/c1-8-4-9(2)13(10(3)5-8)21(19,20)15-7-11(16)6-12(15)14(17)18/h4-5,11-12,16H,6-7H2,1-3H3,(H,17,18). The zero-order valence-electron chi connectivity index (χ0n) is 12.2. The van der Waals surface area contributed by atoms with Crippen molar-refractivity contribution in [3.8, 4) is 0 Å². The zero-order valence-corrected chi connectivity index (χ0v) is 13.0. The van der Waals surface area contributed by atoms with Crippen molar-refractivity contribution in [1.82, 2.24) is 4.31 Å². The minimum absolute atomic E-state index is 0.0848. The Bertz CT molecular complexity index is 660. The Morgan fingerprint density at radius 3 is 2.24 bits per heavy atom. The highest BCUT2D eigenvalue weighted by atomic mass is 32.2. The molecule has 0 amide bonds. The van der Waals surface area contributed by atoms with Crippen LogP contribution in [0.2, 0.25) is 0 Å². The van der Waals surface area contributed by atoms with Gasteiger partial charge < -0.3 is 10.2 Å². The fraction of sp³-hybridized carbons (Fsp3) is 0.500. The first-order valence-corrected chi connectivity index (χ1v) is 8.09. The lowest BCUT2D eigenvalue weighted by molar-refractivity contribution is -0.140. The molecule has 6 nitrogen and oxygen atoms in total. The second-order valence-electron chi connectivity index (χ2n) is 5.55. The van der Waals surface area contributed by atoms with Crippen LogP contribution in [0.25, 0.3) is 0 Å². The molecule has 0 saturated carbocycles. The molecule has 1 saturated heterocycles. The molecular formula is C14H19NO5S. The minimum atomic E-state index is -3.95. The number of aliphatic carboxylic acids is 1. The SMILES string of the molecule is Cc1cc(C)c(S(=O)(=O)N2CC(O)CC2C(=O)O)c(C)c1. The number of rotatable bonds is 3. The number of hydrogen-bond donors (Lipinski definition) is 2. The average molecular weight is 313 g/mol. The summed E-state index contributed by atoms with van der Waals surface area (Å²) in [7, 11) is -3.95. The summed E-state index contributed by atoms with van der Waals surface area (Å²) in [4.78, 5) is 11.4. The fourth-order valence-corrected chi connectivity index (χ4v) is 5.01. The first-order valence-electron chi connectivity index (χ1n) is 6.65. The van der Waals surface area contributed by atoms with Crippen LogP contribution in [0.4, 0.5) is 0 Å². The number of aliphatic hydroxyl groups is 1. The van der Waals surface area contributed by atoms with Crippen LogP contribution in [0.5, 0.6) is 0 Å². The average Bonchev–Trinajstić information content (AvgIpc) is 2.70. The summed E-state index contributed by atoms with van der Waals surface area (Å²) in [6.07, 6.45) is -1.04. The van der Waals surface area contributed by atoms with Crippen molar-refractivity contribution in [1.29, 1.82) is 0 Å². The van der Waals surface area contributed by atoms with Crippen molar-refractivity contribution >= 4 is 16.0 Å². The van der Waals surface area contributed by atoms with Gasteiger partial charge >= 0.3 is 5.97 Å². The molecule has 0 spiro atoms. The first kappa shape index (κ1) is 15.9. The molecule has 2 rings (SSSR count). The number of sulfonamides is 1. The molecule has 7 heteroatoms. The van der Waals surface area contributed by atoms with Gasteiger partial charge in [-0.1, -0.05) is 17.7 Å². The smallest absolute Gasteiger partial charge is 0.322 e. The number of aliphatic hydroxyl groups excluding tert-OH is 1. The van der Waals surface area contributed by atoms with E-state index in [-0.39, 0.29) is 17.9 Å². The molecule has 2 atom stereocenters. The maximum absolute atomic E-state index is 12.8. The lowest BCUT2D eigenvalue weighted by Crippen LogP contribution is -2.41. The Labute approximate surface area is 124 Å². The van der Waals surface area contributed by atoms with E-state index in [1.165, 1.54) is 0 Å². The topological polar surface area (TPSA) is 94.9 Å². The van der Waals surface area contributed by atoms with Gasteiger partial charge in [-0.15, -0.1) is 0 Å². The Morgan fingerprint density at radius 2 is 1.76 bits per heavy atom. The summed E-state index contributed by atoms with van der Waals surface area (Å²) in [6.45, 7) is 5.06. The molecule has 0 aliphatic carbocycles. The van der Waals surface area contributed by atoms with Crippen LogP contribution >= 0.6 is 0 Å². The van der Waals surface area contributed by atoms with Crippen LogP contribution in [-0.4, -0.2) is 47.6 Å². The first-order chi connectivity index (χ1) is 9.64. The Kier molecular flexibility index (Phi) is 4.10. The molecule has 1 aromatic rings. The van der Waals surface area contributed by atoms with Crippen LogP contribution in [0.3, 0.4) is 0 Å². The van der Waals surface area contributed by atoms with E-state index in [1.807, 2.05) is 6.92 Å². The number of benzene rings is 1. The number of carbonyl (C=O) groups is 1. The molecule has 0 aromatic heterocycles. The Hall–Kier alpha value is -1.44. The predicted molar refractivity (Wildman–Crippen MR) is 76.6 cm³/mol. The Morgan fingerprint density at radius 1 is 1.24 bits per heavy atom. The molecule has 1 heterocycles. The molecule has 2 unspecified atom stereocenters. The number of β-amino-alcohol motifs (C(OH)–C–C–N with tert-alkyl or cyclic N) is 1. The number of carboxylic acid groups (broad SMARTS) is 1. The lowest BCUT2D eigenvalue weighted by Gasteiger charge is -2.23. The van der Waals surface area contributed by atoms with Crippen LogP contribution < -0.4 is 0 Å². The third-order valence-corrected chi connectivity index (χ3v) is 5.87. The number of nitrogens with zero attached hydrogens (tertiary/aromatic N) is 1. The van der Waals surface area contributed by atoms with Crippen LogP contribution in [-0.2, 0) is 14.8 Å². The fourth-order valence-electron chi connectivity index (χ4n) is 2.97. The van der Waals surface area contributed by atoms with E-state index in [9.17, 15) is 23.4 Å². The van der Waals surface area contributed by atoms with Gasteiger partial charge in [-0.3, -0.25) is 4.79 Å². The van der Waals surface area contributed by atoms with Crippen LogP contribution in [0, 0.1) is 20.8 Å². The molecule has 21 heavy (non-hydrogen) atoms. The van der Waals surface area contributed by atoms with Gasteiger partial charge in [0.05, 0.1) is 11.0 Å². The quantitative estimate of drug-likeness (QED) is 0.861. The normalized spacial score (nSPS) is 23.4.